The minimum absolute atomic E-state index is 0.0629. The van der Waals surface area contributed by atoms with Crippen LogP contribution >= 0.6 is 0 Å². The van der Waals surface area contributed by atoms with Crippen LogP contribution in [0.25, 0.3) is 11.1 Å². The molecule has 0 saturated heterocycles. The molecule has 126 valence electrons. The van der Waals surface area contributed by atoms with Crippen molar-refractivity contribution in [2.24, 2.45) is 5.73 Å². The van der Waals surface area contributed by atoms with E-state index in [2.05, 4.69) is 96.0 Å². The lowest BCUT2D eigenvalue weighted by Crippen LogP contribution is -2.24. The highest BCUT2D eigenvalue weighted by atomic mass is 15.1. The van der Waals surface area contributed by atoms with Crippen LogP contribution in [0.15, 0.2) is 91.1 Å². The average molecular weight is 336 g/mol. The second-order valence-corrected chi connectivity index (χ2v) is 6.87. The van der Waals surface area contributed by atoms with Crippen LogP contribution in [-0.2, 0) is 6.54 Å². The zero-order valence-electron chi connectivity index (χ0n) is 14.5. The van der Waals surface area contributed by atoms with E-state index in [9.17, 15) is 0 Å². The van der Waals surface area contributed by atoms with Crippen molar-refractivity contribution in [1.82, 2.24) is 0 Å². The van der Waals surface area contributed by atoms with Gasteiger partial charge < -0.3 is 10.6 Å². The number of fused-ring (bicyclic) bond motifs is 5. The van der Waals surface area contributed by atoms with E-state index in [0.717, 1.165) is 6.54 Å². The fourth-order valence-electron chi connectivity index (χ4n) is 4.00. The summed E-state index contributed by atoms with van der Waals surface area (Å²) in [5.74, 6) is 0. The monoisotopic (exact) mass is 336 g/mol. The normalized spacial score (nSPS) is 17.6. The van der Waals surface area contributed by atoms with Gasteiger partial charge in [0.1, 0.15) is 0 Å². The highest BCUT2D eigenvalue weighted by molar-refractivity contribution is 6.12. The highest BCUT2D eigenvalue weighted by Crippen LogP contribution is 2.46. The molecule has 0 bridgehead atoms. The molecule has 0 amide bonds. The molecule has 0 saturated carbocycles. The molecule has 2 nitrogen and oxygen atoms in total. The van der Waals surface area contributed by atoms with E-state index in [1.165, 1.54) is 39.1 Å². The summed E-state index contributed by atoms with van der Waals surface area (Å²) in [6.07, 6.45) is 4.48. The van der Waals surface area contributed by atoms with E-state index < -0.39 is 0 Å². The van der Waals surface area contributed by atoms with Crippen LogP contribution in [-0.4, -0.2) is 0 Å². The minimum atomic E-state index is -0.0629. The smallest absolute Gasteiger partial charge is 0.0496 e. The second kappa shape index (κ2) is 6.01. The molecule has 1 aliphatic carbocycles. The maximum atomic E-state index is 6.45. The molecule has 3 aromatic carbocycles. The molecule has 3 aromatic rings. The van der Waals surface area contributed by atoms with Gasteiger partial charge in [0.2, 0.25) is 0 Å². The third-order valence-corrected chi connectivity index (χ3v) is 5.23. The third kappa shape index (κ3) is 2.39. The van der Waals surface area contributed by atoms with Crippen molar-refractivity contribution in [3.8, 4) is 0 Å². The molecule has 0 aromatic heterocycles. The molecule has 0 fully saturated rings. The zero-order chi connectivity index (χ0) is 17.5. The Morgan fingerprint density at radius 3 is 2.27 bits per heavy atom. The maximum absolute atomic E-state index is 6.45. The first-order chi connectivity index (χ1) is 12.8. The molecular formula is C24H20N2. The average Bonchev–Trinajstić information content (AvgIpc) is 2.70. The van der Waals surface area contributed by atoms with Gasteiger partial charge in [-0.15, -0.1) is 0 Å². The molecule has 26 heavy (non-hydrogen) atoms. The van der Waals surface area contributed by atoms with E-state index in [0.29, 0.717) is 0 Å². The van der Waals surface area contributed by atoms with E-state index in [-0.39, 0.29) is 6.04 Å². The Labute approximate surface area is 153 Å². The Morgan fingerprint density at radius 1 is 0.731 bits per heavy atom. The van der Waals surface area contributed by atoms with Crippen molar-refractivity contribution < 1.29 is 0 Å². The minimum Gasteiger partial charge on any atom is -0.342 e. The summed E-state index contributed by atoms with van der Waals surface area (Å²) in [4.78, 5) is 2.35. The first-order valence-corrected chi connectivity index (χ1v) is 9.00. The first-order valence-electron chi connectivity index (χ1n) is 9.00. The maximum Gasteiger partial charge on any atom is 0.0496 e. The molecular weight excluding hydrogens is 316 g/mol. The van der Waals surface area contributed by atoms with Gasteiger partial charge in [-0.1, -0.05) is 78.9 Å². The molecule has 2 N–H and O–H groups in total. The molecule has 1 atom stereocenters. The van der Waals surface area contributed by atoms with Gasteiger partial charge in [-0.25, -0.2) is 0 Å². The van der Waals surface area contributed by atoms with Crippen LogP contribution < -0.4 is 10.6 Å². The number of allylic oxidation sites excluding steroid dienone is 2. The van der Waals surface area contributed by atoms with Crippen molar-refractivity contribution >= 4 is 16.8 Å². The van der Waals surface area contributed by atoms with Gasteiger partial charge in [0.15, 0.2) is 0 Å². The Hall–Kier alpha value is -3.10. The van der Waals surface area contributed by atoms with Crippen molar-refractivity contribution in [3.05, 3.63) is 113 Å². The van der Waals surface area contributed by atoms with E-state index in [4.69, 9.17) is 5.73 Å². The first kappa shape index (κ1) is 15.2. The fraction of sp³-hybridized carbons (Fsp3) is 0.0833. The van der Waals surface area contributed by atoms with Crippen molar-refractivity contribution in [2.45, 2.75) is 12.6 Å². The lowest BCUT2D eigenvalue weighted by molar-refractivity contribution is 0.896. The number of hydrogen-bond acceptors (Lipinski definition) is 2. The van der Waals surface area contributed by atoms with Crippen LogP contribution in [0.3, 0.4) is 0 Å². The summed E-state index contributed by atoms with van der Waals surface area (Å²) < 4.78 is 0. The zero-order valence-corrected chi connectivity index (χ0v) is 14.5. The lowest BCUT2D eigenvalue weighted by atomic mass is 9.80. The van der Waals surface area contributed by atoms with Crippen LogP contribution in [0.2, 0.25) is 0 Å². The van der Waals surface area contributed by atoms with Crippen molar-refractivity contribution in [3.63, 3.8) is 0 Å². The van der Waals surface area contributed by atoms with Crippen LogP contribution in [0.5, 0.6) is 0 Å². The quantitative estimate of drug-likeness (QED) is 0.702. The molecule has 1 aliphatic heterocycles. The number of benzene rings is 3. The topological polar surface area (TPSA) is 29.3 Å². The van der Waals surface area contributed by atoms with Gasteiger partial charge in [-0.05, 0) is 28.3 Å². The summed E-state index contributed by atoms with van der Waals surface area (Å²) in [6.45, 7) is 0.850. The Kier molecular flexibility index (Phi) is 3.51. The van der Waals surface area contributed by atoms with Gasteiger partial charge in [-0.3, -0.25) is 0 Å². The summed E-state index contributed by atoms with van der Waals surface area (Å²) in [5.41, 5.74) is 15.2. The van der Waals surface area contributed by atoms with Gasteiger partial charge in [-0.2, -0.15) is 0 Å². The van der Waals surface area contributed by atoms with Gasteiger partial charge in [0.05, 0.1) is 0 Å². The Balaban J connectivity index is 1.68. The number of nitrogens with two attached hydrogens (primary N) is 1. The number of para-hydroxylation sites is 1. The molecule has 1 unspecified atom stereocenters. The molecule has 0 radical (unpaired) electrons. The molecule has 2 heteroatoms. The van der Waals surface area contributed by atoms with E-state index in [1.807, 2.05) is 0 Å². The Bertz CT molecular complexity index is 1030. The van der Waals surface area contributed by atoms with Crippen LogP contribution in [0.4, 0.5) is 5.69 Å². The summed E-state index contributed by atoms with van der Waals surface area (Å²) in [5, 5.41) is 0. The summed E-state index contributed by atoms with van der Waals surface area (Å²) >= 11 is 0. The molecule has 1 heterocycles. The lowest BCUT2D eigenvalue weighted by Gasteiger charge is -2.35. The molecule has 0 spiro atoms. The predicted octanol–water partition coefficient (Wildman–Crippen LogP) is 5.14. The number of nitrogens with zero attached hydrogens (tertiary/aromatic N) is 1. The molecule has 5 rings (SSSR count). The SMILES string of the molecule is NC1C=C2C(=CN(Cc3ccccc3)c3ccccc32)c2ccccc21. The largest absolute Gasteiger partial charge is 0.342 e. The van der Waals surface area contributed by atoms with Gasteiger partial charge in [0.25, 0.3) is 0 Å². The third-order valence-electron chi connectivity index (χ3n) is 5.23. The molecule has 2 aliphatic rings. The van der Waals surface area contributed by atoms with E-state index >= 15 is 0 Å². The van der Waals surface area contributed by atoms with Gasteiger partial charge >= 0.3 is 0 Å². The fourth-order valence-corrected chi connectivity index (χ4v) is 4.00. The van der Waals surface area contributed by atoms with Crippen LogP contribution in [0, 0.1) is 0 Å². The summed E-state index contributed by atoms with van der Waals surface area (Å²) in [6, 6.07) is 27.6. The van der Waals surface area contributed by atoms with Gasteiger partial charge in [0, 0.05) is 35.6 Å². The highest BCUT2D eigenvalue weighted by Gasteiger charge is 2.28. The Morgan fingerprint density at radius 2 is 1.42 bits per heavy atom. The second-order valence-electron chi connectivity index (χ2n) is 6.87. The number of rotatable bonds is 2. The van der Waals surface area contributed by atoms with E-state index in [1.54, 1.807) is 0 Å². The van der Waals surface area contributed by atoms with Crippen molar-refractivity contribution in [2.75, 3.05) is 4.90 Å². The predicted molar refractivity (Wildman–Crippen MR) is 108 cm³/mol. The number of anilines is 1. The summed E-state index contributed by atoms with van der Waals surface area (Å²) in [7, 11) is 0. The van der Waals surface area contributed by atoms with Crippen LogP contribution in [0.1, 0.15) is 28.3 Å². The standard InChI is InChI=1S/C24H20N2/c25-23-14-21-20-12-6-7-13-24(20)26(15-17-8-2-1-3-9-17)16-22(21)18-10-4-5-11-19(18)23/h1-14,16,23H,15,25H2. The van der Waals surface area contributed by atoms with Crippen molar-refractivity contribution in [1.29, 1.82) is 0 Å². The number of hydrogen-bond donors (Lipinski definition) is 1.